The van der Waals surface area contributed by atoms with E-state index in [1.807, 2.05) is 71.7 Å². The second-order valence-corrected chi connectivity index (χ2v) is 22.6. The number of rotatable bonds is 37. The van der Waals surface area contributed by atoms with Crippen molar-refractivity contribution in [1.29, 1.82) is 0 Å². The van der Waals surface area contributed by atoms with Gasteiger partial charge >= 0.3 is 12.1 Å². The SMILES string of the molecule is COC(=O)C(CNC(=O)c1ccc2c(cnn2CCCNc2nccn2C(c2ccccc2)(c2ccccc2)c2ccccc2)c1)NS(=O)(=O)c1c(C)cc(OCCCC(=O)NCCCOCCOCCOCCCNC(=O)OCc2ccccc2)cc1C. The number of amides is 3. The topological polar surface area (TPSA) is 254 Å². The first-order valence-electron chi connectivity index (χ1n) is 29.8. The van der Waals surface area contributed by atoms with E-state index >= 15 is 0 Å². The van der Waals surface area contributed by atoms with Gasteiger partial charge in [-0.2, -0.15) is 9.82 Å². The zero-order valence-corrected chi connectivity index (χ0v) is 51.4. The number of anilines is 1. The number of benzene rings is 6. The molecule has 0 saturated carbocycles. The van der Waals surface area contributed by atoms with Crippen molar-refractivity contribution in [2.75, 3.05) is 84.9 Å². The molecule has 0 saturated heterocycles. The van der Waals surface area contributed by atoms with Crippen LogP contribution in [0, 0.1) is 13.8 Å². The van der Waals surface area contributed by atoms with Crippen molar-refractivity contribution in [2.45, 2.75) is 75.6 Å². The standard InChI is InChI=1S/C67H79N9O12S/c1-50-44-58(87-39-16-28-61(77)68-32-18-37-84-40-42-86-43-41-85-38-19-33-71-66(80)88-49-52-20-8-4-9-21-52)45-51(2)62(50)89(81,82)74-59(64(79)83-3)48-72-63(78)53-29-30-60-54(46-53)47-73-76(60)35-17-31-69-65-70-34-36-75(65)67(55-22-10-5-11-23-55,56-24-12-6-13-25-56)57-26-14-7-15-27-57/h4-15,20-27,29-30,34,36,44-47,59,74H,16-19,28,31-33,35,37-43,48-49H2,1-3H3,(H,68,77)(H,69,70)(H,71,80)(H,72,78). The molecule has 0 spiro atoms. The maximum absolute atomic E-state index is 13.9. The van der Waals surface area contributed by atoms with Gasteiger partial charge in [-0.15, -0.1) is 0 Å². The molecule has 0 aliphatic carbocycles. The maximum atomic E-state index is 13.9. The zero-order chi connectivity index (χ0) is 62.7. The molecule has 0 aliphatic heterocycles. The number of hydrogen-bond donors (Lipinski definition) is 5. The molecule has 0 radical (unpaired) electrons. The van der Waals surface area contributed by atoms with Gasteiger partial charge < -0.3 is 49.7 Å². The van der Waals surface area contributed by atoms with E-state index in [1.54, 1.807) is 44.3 Å². The fraction of sp³-hybridized carbons (Fsp3) is 0.343. The van der Waals surface area contributed by atoms with Crippen molar-refractivity contribution in [3.63, 3.8) is 0 Å². The number of imidazole rings is 1. The number of nitrogens with zero attached hydrogens (tertiary/aromatic N) is 4. The van der Waals surface area contributed by atoms with Gasteiger partial charge in [0.15, 0.2) is 0 Å². The van der Waals surface area contributed by atoms with Crippen LogP contribution in [0.4, 0.5) is 10.7 Å². The van der Waals surface area contributed by atoms with E-state index in [4.69, 9.17) is 33.4 Å². The highest BCUT2D eigenvalue weighted by Gasteiger charge is 2.40. The fourth-order valence-electron chi connectivity index (χ4n) is 10.4. The Morgan fingerprint density at radius 2 is 1.22 bits per heavy atom. The van der Waals surface area contributed by atoms with Gasteiger partial charge in [-0.05, 0) is 103 Å². The second-order valence-electron chi connectivity index (χ2n) is 21.0. The summed E-state index contributed by atoms with van der Waals surface area (Å²) in [5.74, 6) is -0.426. The summed E-state index contributed by atoms with van der Waals surface area (Å²) in [6.45, 7) is 7.90. The summed E-state index contributed by atoms with van der Waals surface area (Å²) in [6.07, 6.45) is 7.66. The van der Waals surface area contributed by atoms with Crippen molar-refractivity contribution >= 4 is 50.8 Å². The Balaban J connectivity index is 0.716. The van der Waals surface area contributed by atoms with Crippen molar-refractivity contribution in [1.82, 2.24) is 40.0 Å². The molecular formula is C67H79N9O12S. The average molecular weight is 1230 g/mol. The van der Waals surface area contributed by atoms with Gasteiger partial charge in [-0.3, -0.25) is 23.6 Å². The molecule has 6 aromatic carbocycles. The lowest BCUT2D eigenvalue weighted by Crippen LogP contribution is -2.49. The van der Waals surface area contributed by atoms with Gasteiger partial charge in [0, 0.05) is 75.7 Å². The number of aromatic nitrogens is 4. The summed E-state index contributed by atoms with van der Waals surface area (Å²) < 4.78 is 67.0. The Morgan fingerprint density at radius 1 is 0.640 bits per heavy atom. The molecule has 1 unspecified atom stereocenters. The third-order valence-electron chi connectivity index (χ3n) is 14.6. The molecule has 8 aromatic rings. The molecule has 2 aromatic heterocycles. The number of fused-ring (bicyclic) bond motifs is 1. The number of esters is 1. The lowest BCUT2D eigenvalue weighted by atomic mass is 9.76. The highest BCUT2D eigenvalue weighted by Crippen LogP contribution is 2.42. The molecule has 470 valence electrons. The van der Waals surface area contributed by atoms with E-state index < -0.39 is 46.1 Å². The highest BCUT2D eigenvalue weighted by atomic mass is 32.2. The predicted molar refractivity (Wildman–Crippen MR) is 338 cm³/mol. The van der Waals surface area contributed by atoms with Crippen LogP contribution in [0.2, 0.25) is 0 Å². The summed E-state index contributed by atoms with van der Waals surface area (Å²) in [6, 6.07) is 47.6. The minimum atomic E-state index is -4.33. The quantitative estimate of drug-likeness (QED) is 0.0139. The molecule has 22 heteroatoms. The number of aryl methyl sites for hydroxylation is 3. The lowest BCUT2D eigenvalue weighted by molar-refractivity contribution is -0.142. The molecule has 2 heterocycles. The van der Waals surface area contributed by atoms with Crippen LogP contribution in [-0.2, 0) is 62.0 Å². The fourth-order valence-corrected chi connectivity index (χ4v) is 12.0. The minimum absolute atomic E-state index is 0.0510. The van der Waals surface area contributed by atoms with Gasteiger partial charge in [0.05, 0.1) is 56.8 Å². The van der Waals surface area contributed by atoms with Gasteiger partial charge in [-0.25, -0.2) is 18.2 Å². The molecule has 0 bridgehead atoms. The number of hydrogen-bond acceptors (Lipinski definition) is 15. The van der Waals surface area contributed by atoms with Crippen LogP contribution in [0.5, 0.6) is 5.75 Å². The number of sulfonamides is 1. The van der Waals surface area contributed by atoms with Crippen LogP contribution < -0.4 is 30.7 Å². The summed E-state index contributed by atoms with van der Waals surface area (Å²) in [7, 11) is -3.19. The minimum Gasteiger partial charge on any atom is -0.494 e. The number of alkyl carbamates (subject to hydrolysis) is 1. The van der Waals surface area contributed by atoms with Crippen LogP contribution >= 0.6 is 0 Å². The number of nitrogens with one attached hydrogen (secondary N) is 5. The normalized spacial score (nSPS) is 11.9. The highest BCUT2D eigenvalue weighted by molar-refractivity contribution is 7.89. The summed E-state index contributed by atoms with van der Waals surface area (Å²) in [4.78, 5) is 55.6. The third kappa shape index (κ3) is 18.8. The first kappa shape index (κ1) is 66.0. The monoisotopic (exact) mass is 1230 g/mol. The number of carbonyl (C=O) groups is 4. The molecule has 8 rings (SSSR count). The van der Waals surface area contributed by atoms with Crippen LogP contribution in [0.1, 0.15) is 75.8 Å². The van der Waals surface area contributed by atoms with Crippen LogP contribution in [-0.4, -0.2) is 137 Å². The predicted octanol–water partition coefficient (Wildman–Crippen LogP) is 8.47. The molecule has 89 heavy (non-hydrogen) atoms. The van der Waals surface area contributed by atoms with Gasteiger partial charge in [-0.1, -0.05) is 121 Å². The number of carbonyl (C=O) groups excluding carboxylic acids is 4. The average Bonchev–Trinajstić information content (AvgIpc) is 1.78. The van der Waals surface area contributed by atoms with E-state index in [1.165, 1.54) is 0 Å². The Labute approximate surface area is 519 Å². The van der Waals surface area contributed by atoms with Gasteiger partial charge in [0.2, 0.25) is 21.9 Å². The molecule has 3 amide bonds. The van der Waals surface area contributed by atoms with Gasteiger partial charge in [0.25, 0.3) is 5.91 Å². The number of methoxy groups -OCH3 is 1. The molecule has 21 nitrogen and oxygen atoms in total. The van der Waals surface area contributed by atoms with E-state index in [0.29, 0.717) is 114 Å². The van der Waals surface area contributed by atoms with Crippen LogP contribution in [0.25, 0.3) is 10.9 Å². The van der Waals surface area contributed by atoms with E-state index in [0.717, 1.165) is 40.3 Å². The molecule has 0 fully saturated rings. The maximum Gasteiger partial charge on any atom is 0.407 e. The molecule has 1 atom stereocenters. The molecular weight excluding hydrogens is 1150 g/mol. The first-order chi connectivity index (χ1) is 43.4. The van der Waals surface area contributed by atoms with E-state index in [-0.39, 0.29) is 36.0 Å². The third-order valence-corrected chi connectivity index (χ3v) is 16.3. The Bertz CT molecular complexity index is 3510. The largest absolute Gasteiger partial charge is 0.494 e. The van der Waals surface area contributed by atoms with Crippen molar-refractivity contribution < 1.29 is 56.0 Å². The molecule has 5 N–H and O–H groups in total. The van der Waals surface area contributed by atoms with E-state index in [2.05, 4.69) is 108 Å². The Morgan fingerprint density at radius 3 is 1.83 bits per heavy atom. The number of ether oxygens (including phenoxy) is 6. The van der Waals surface area contributed by atoms with Crippen LogP contribution in [0.15, 0.2) is 175 Å². The second kappa shape index (κ2) is 34.0. The van der Waals surface area contributed by atoms with E-state index in [9.17, 15) is 27.6 Å². The summed E-state index contributed by atoms with van der Waals surface area (Å²) in [5.41, 5.74) is 5.29. The van der Waals surface area contributed by atoms with Crippen LogP contribution in [0.3, 0.4) is 0 Å². The lowest BCUT2D eigenvalue weighted by Gasteiger charge is -2.38. The Kier molecular flexibility index (Phi) is 25.2. The zero-order valence-electron chi connectivity index (χ0n) is 50.6. The smallest absolute Gasteiger partial charge is 0.407 e. The van der Waals surface area contributed by atoms with Gasteiger partial charge in [0.1, 0.15) is 23.9 Å². The molecule has 0 aliphatic rings. The van der Waals surface area contributed by atoms with Crippen molar-refractivity contribution in [3.05, 3.63) is 209 Å². The van der Waals surface area contributed by atoms with Crippen molar-refractivity contribution in [2.24, 2.45) is 0 Å². The Hall–Kier alpha value is -8.93. The summed E-state index contributed by atoms with van der Waals surface area (Å²) in [5, 5.41) is 17.2. The summed E-state index contributed by atoms with van der Waals surface area (Å²) >= 11 is 0. The van der Waals surface area contributed by atoms with Crippen molar-refractivity contribution in [3.8, 4) is 5.75 Å². The first-order valence-corrected chi connectivity index (χ1v) is 31.3.